The molecule has 0 aromatic heterocycles. The van der Waals surface area contributed by atoms with E-state index in [2.05, 4.69) is 0 Å². The zero-order chi connectivity index (χ0) is 11.8. The van der Waals surface area contributed by atoms with E-state index in [4.69, 9.17) is 18.9 Å². The van der Waals surface area contributed by atoms with Gasteiger partial charge in [-0.25, -0.2) is 0 Å². The zero-order valence-corrected chi connectivity index (χ0v) is 9.99. The van der Waals surface area contributed by atoms with Gasteiger partial charge < -0.3 is 18.9 Å². The van der Waals surface area contributed by atoms with Crippen molar-refractivity contribution in [3.63, 3.8) is 0 Å². The Hall–Kier alpha value is -1.26. The van der Waals surface area contributed by atoms with Crippen molar-refractivity contribution in [1.29, 1.82) is 0 Å². The Kier molecular flexibility index (Phi) is 5.67. The topological polar surface area (TPSA) is 36.9 Å². The minimum Gasteiger partial charge on any atom is -0.493 e. The molecule has 1 rings (SSSR count). The van der Waals surface area contributed by atoms with Gasteiger partial charge in [0.15, 0.2) is 11.5 Å². The van der Waals surface area contributed by atoms with Crippen molar-refractivity contribution < 1.29 is 18.9 Å². The number of ether oxygens (including phenoxy) is 4. The number of hydrogen-bond donors (Lipinski definition) is 0. The molecule has 1 aromatic carbocycles. The molecule has 0 atom stereocenters. The molecule has 0 aliphatic heterocycles. The number of methoxy groups -OCH3 is 3. The first-order valence-electron chi connectivity index (χ1n) is 5.09. The van der Waals surface area contributed by atoms with Gasteiger partial charge in [-0.15, -0.1) is 0 Å². The summed E-state index contributed by atoms with van der Waals surface area (Å²) in [4.78, 5) is 0. The van der Waals surface area contributed by atoms with Crippen LogP contribution in [-0.4, -0.2) is 34.7 Å². The highest BCUT2D eigenvalue weighted by Crippen LogP contribution is 2.27. The SMILES string of the molecule is COCOCCc1ccc(OC)c(OC)c1. The van der Waals surface area contributed by atoms with E-state index in [1.807, 2.05) is 18.2 Å². The quantitative estimate of drug-likeness (QED) is 0.525. The summed E-state index contributed by atoms with van der Waals surface area (Å²) in [5, 5.41) is 0. The summed E-state index contributed by atoms with van der Waals surface area (Å²) < 4.78 is 20.4. The van der Waals surface area contributed by atoms with E-state index in [1.54, 1.807) is 21.3 Å². The summed E-state index contributed by atoms with van der Waals surface area (Å²) in [6.45, 7) is 0.955. The Morgan fingerprint density at radius 3 is 2.38 bits per heavy atom. The van der Waals surface area contributed by atoms with Crippen LogP contribution in [-0.2, 0) is 15.9 Å². The van der Waals surface area contributed by atoms with Crippen LogP contribution < -0.4 is 9.47 Å². The second kappa shape index (κ2) is 7.09. The molecule has 0 amide bonds. The molecule has 0 N–H and O–H groups in total. The Morgan fingerprint density at radius 1 is 1.00 bits per heavy atom. The Bertz CT molecular complexity index is 312. The fourth-order valence-corrected chi connectivity index (χ4v) is 1.37. The molecule has 0 heterocycles. The normalized spacial score (nSPS) is 10.2. The number of rotatable bonds is 7. The number of benzene rings is 1. The van der Waals surface area contributed by atoms with Crippen LogP contribution in [0.4, 0.5) is 0 Å². The third-order valence-corrected chi connectivity index (χ3v) is 2.18. The van der Waals surface area contributed by atoms with Crippen molar-refractivity contribution in [2.45, 2.75) is 6.42 Å². The molecule has 0 bridgehead atoms. The molecule has 1 aromatic rings. The Labute approximate surface area is 96.1 Å². The highest BCUT2D eigenvalue weighted by molar-refractivity contribution is 5.42. The highest BCUT2D eigenvalue weighted by atomic mass is 16.7. The lowest BCUT2D eigenvalue weighted by atomic mass is 10.1. The summed E-state index contributed by atoms with van der Waals surface area (Å²) in [6.07, 6.45) is 0.823. The summed E-state index contributed by atoms with van der Waals surface area (Å²) in [5.41, 5.74) is 1.15. The summed E-state index contributed by atoms with van der Waals surface area (Å²) >= 11 is 0. The molecule has 4 nitrogen and oxygen atoms in total. The van der Waals surface area contributed by atoms with Gasteiger partial charge >= 0.3 is 0 Å². The van der Waals surface area contributed by atoms with Crippen LogP contribution in [0.3, 0.4) is 0 Å². The van der Waals surface area contributed by atoms with E-state index in [1.165, 1.54) is 0 Å². The van der Waals surface area contributed by atoms with E-state index in [9.17, 15) is 0 Å². The van der Waals surface area contributed by atoms with Crippen LogP contribution >= 0.6 is 0 Å². The molecule has 90 valence electrons. The molecule has 0 saturated heterocycles. The van der Waals surface area contributed by atoms with Crippen molar-refractivity contribution in [2.75, 3.05) is 34.7 Å². The predicted molar refractivity (Wildman–Crippen MR) is 61.1 cm³/mol. The Morgan fingerprint density at radius 2 is 1.75 bits per heavy atom. The maximum absolute atomic E-state index is 5.22. The fraction of sp³-hybridized carbons (Fsp3) is 0.500. The maximum Gasteiger partial charge on any atom is 0.160 e. The minimum absolute atomic E-state index is 0.327. The molecule has 0 radical (unpaired) electrons. The van der Waals surface area contributed by atoms with Crippen molar-refractivity contribution in [2.24, 2.45) is 0 Å². The average molecular weight is 226 g/mol. The maximum atomic E-state index is 5.22. The van der Waals surface area contributed by atoms with Crippen LogP contribution in [0.15, 0.2) is 18.2 Å². The third-order valence-electron chi connectivity index (χ3n) is 2.18. The second-order valence-corrected chi connectivity index (χ2v) is 3.25. The average Bonchev–Trinajstić information content (AvgIpc) is 2.34. The van der Waals surface area contributed by atoms with Gasteiger partial charge in [-0.2, -0.15) is 0 Å². The lowest BCUT2D eigenvalue weighted by Gasteiger charge is -2.09. The first-order valence-corrected chi connectivity index (χ1v) is 5.09. The smallest absolute Gasteiger partial charge is 0.160 e. The standard InChI is InChI=1S/C12H18O4/c1-13-9-16-7-6-10-4-5-11(14-2)12(8-10)15-3/h4-5,8H,6-7,9H2,1-3H3. The van der Waals surface area contributed by atoms with Gasteiger partial charge in [0, 0.05) is 7.11 Å². The van der Waals surface area contributed by atoms with Crippen molar-refractivity contribution in [3.05, 3.63) is 23.8 Å². The first kappa shape index (κ1) is 12.8. The monoisotopic (exact) mass is 226 g/mol. The zero-order valence-electron chi connectivity index (χ0n) is 9.99. The fourth-order valence-electron chi connectivity index (χ4n) is 1.37. The van der Waals surface area contributed by atoms with Gasteiger partial charge in [0.2, 0.25) is 0 Å². The minimum atomic E-state index is 0.327. The van der Waals surface area contributed by atoms with E-state index in [-0.39, 0.29) is 0 Å². The molecular weight excluding hydrogens is 208 g/mol. The van der Waals surface area contributed by atoms with Gasteiger partial charge in [0.05, 0.1) is 20.8 Å². The van der Waals surface area contributed by atoms with Crippen molar-refractivity contribution >= 4 is 0 Å². The number of hydrogen-bond acceptors (Lipinski definition) is 4. The van der Waals surface area contributed by atoms with Crippen LogP contribution in [0.25, 0.3) is 0 Å². The van der Waals surface area contributed by atoms with E-state index >= 15 is 0 Å². The highest BCUT2D eigenvalue weighted by Gasteiger charge is 2.04. The molecule has 0 saturated carbocycles. The van der Waals surface area contributed by atoms with Crippen LogP contribution in [0, 0.1) is 0 Å². The lowest BCUT2D eigenvalue weighted by Crippen LogP contribution is -2.02. The molecule has 0 spiro atoms. The third kappa shape index (κ3) is 3.72. The molecule has 4 heteroatoms. The van der Waals surface area contributed by atoms with Gasteiger partial charge in [-0.3, -0.25) is 0 Å². The van der Waals surface area contributed by atoms with Gasteiger partial charge in [0.1, 0.15) is 6.79 Å². The van der Waals surface area contributed by atoms with Crippen molar-refractivity contribution in [3.8, 4) is 11.5 Å². The molecule has 16 heavy (non-hydrogen) atoms. The molecule has 0 unspecified atom stereocenters. The second-order valence-electron chi connectivity index (χ2n) is 3.25. The van der Waals surface area contributed by atoms with Crippen LogP contribution in [0.5, 0.6) is 11.5 Å². The van der Waals surface area contributed by atoms with Gasteiger partial charge in [0.25, 0.3) is 0 Å². The van der Waals surface area contributed by atoms with Crippen LogP contribution in [0.2, 0.25) is 0 Å². The van der Waals surface area contributed by atoms with E-state index in [0.29, 0.717) is 13.4 Å². The largest absolute Gasteiger partial charge is 0.493 e. The van der Waals surface area contributed by atoms with Crippen LogP contribution in [0.1, 0.15) is 5.56 Å². The first-order chi connectivity index (χ1) is 7.81. The lowest BCUT2D eigenvalue weighted by molar-refractivity contribution is -0.0291. The molecule has 0 fully saturated rings. The predicted octanol–water partition coefficient (Wildman–Crippen LogP) is 1.87. The van der Waals surface area contributed by atoms with Gasteiger partial charge in [-0.05, 0) is 24.1 Å². The van der Waals surface area contributed by atoms with E-state index in [0.717, 1.165) is 23.5 Å². The molecule has 0 aliphatic rings. The summed E-state index contributed by atoms with van der Waals surface area (Å²) in [6, 6.07) is 5.84. The van der Waals surface area contributed by atoms with E-state index < -0.39 is 0 Å². The Balaban J connectivity index is 2.54. The van der Waals surface area contributed by atoms with Gasteiger partial charge in [-0.1, -0.05) is 6.07 Å². The summed E-state index contributed by atoms with van der Waals surface area (Å²) in [7, 11) is 4.86. The molecular formula is C12H18O4. The van der Waals surface area contributed by atoms with Crippen molar-refractivity contribution in [1.82, 2.24) is 0 Å². The summed E-state index contributed by atoms with van der Waals surface area (Å²) in [5.74, 6) is 1.48. The molecule has 0 aliphatic carbocycles.